The highest BCUT2D eigenvalue weighted by molar-refractivity contribution is 6.00. The van der Waals surface area contributed by atoms with E-state index in [2.05, 4.69) is 26.0 Å². The molecule has 0 radical (unpaired) electrons. The minimum atomic E-state index is -0.608. The van der Waals surface area contributed by atoms with Crippen LogP contribution in [0.3, 0.4) is 0 Å². The van der Waals surface area contributed by atoms with E-state index < -0.39 is 11.8 Å². The van der Waals surface area contributed by atoms with Crippen molar-refractivity contribution in [3.63, 3.8) is 0 Å². The molecule has 0 bridgehead atoms. The number of benzene rings is 1. The van der Waals surface area contributed by atoms with Gasteiger partial charge in [0, 0.05) is 43.5 Å². The van der Waals surface area contributed by atoms with Crippen molar-refractivity contribution in [1.82, 2.24) is 19.3 Å². The smallest absolute Gasteiger partial charge is 0.323 e. The fraction of sp³-hybridized carbons (Fsp3) is 0.280. The molecule has 1 fully saturated rings. The summed E-state index contributed by atoms with van der Waals surface area (Å²) in [5, 5.41) is 13.3. The summed E-state index contributed by atoms with van der Waals surface area (Å²) < 4.78 is 17.9. The molecule has 10 heteroatoms. The highest BCUT2D eigenvalue weighted by Gasteiger charge is 2.18. The Kier molecular flexibility index (Phi) is 5.94. The number of hydrogen-bond donors (Lipinski definition) is 3. The Hall–Kier alpha value is -4.21. The van der Waals surface area contributed by atoms with E-state index in [1.807, 2.05) is 4.68 Å². The van der Waals surface area contributed by atoms with Crippen molar-refractivity contribution in [1.29, 1.82) is 0 Å². The molecule has 1 aliphatic carbocycles. The van der Waals surface area contributed by atoms with Gasteiger partial charge in [-0.2, -0.15) is 5.10 Å². The van der Waals surface area contributed by atoms with Crippen LogP contribution in [0.2, 0.25) is 0 Å². The van der Waals surface area contributed by atoms with Crippen LogP contribution in [0, 0.1) is 5.82 Å². The third-order valence-electron chi connectivity index (χ3n) is 6.45. The summed E-state index contributed by atoms with van der Waals surface area (Å²) in [4.78, 5) is 29.9. The van der Waals surface area contributed by atoms with E-state index in [-0.39, 0.29) is 11.2 Å². The van der Waals surface area contributed by atoms with Gasteiger partial charge in [0.2, 0.25) is 0 Å². The third-order valence-corrected chi connectivity index (χ3v) is 6.45. The molecule has 35 heavy (non-hydrogen) atoms. The number of anilines is 3. The Labute approximate surface area is 201 Å². The first-order chi connectivity index (χ1) is 16.9. The topological polar surface area (TPSA) is 106 Å². The highest BCUT2D eigenvalue weighted by atomic mass is 19.1. The van der Waals surface area contributed by atoms with E-state index in [9.17, 15) is 14.0 Å². The third kappa shape index (κ3) is 4.46. The fourth-order valence-corrected chi connectivity index (χ4v) is 4.55. The Morgan fingerprint density at radius 2 is 1.91 bits per heavy atom. The molecule has 3 N–H and O–H groups in total. The molecule has 0 saturated heterocycles. The van der Waals surface area contributed by atoms with Crippen molar-refractivity contribution >= 4 is 34.1 Å². The lowest BCUT2D eigenvalue weighted by atomic mass is 10.0. The minimum absolute atomic E-state index is 0.0333. The number of urea groups is 1. The van der Waals surface area contributed by atoms with Gasteiger partial charge in [-0.05, 0) is 36.6 Å². The number of carbonyl (C=O) groups is 1. The van der Waals surface area contributed by atoms with Gasteiger partial charge in [-0.1, -0.05) is 18.9 Å². The molecule has 0 aliphatic heterocycles. The van der Waals surface area contributed by atoms with E-state index in [4.69, 9.17) is 0 Å². The van der Waals surface area contributed by atoms with Crippen molar-refractivity contribution in [2.24, 2.45) is 7.05 Å². The molecule has 5 rings (SSSR count). The zero-order valence-electron chi connectivity index (χ0n) is 19.5. The fourth-order valence-electron chi connectivity index (χ4n) is 4.55. The number of hydrogen-bond acceptors (Lipinski definition) is 5. The van der Waals surface area contributed by atoms with Gasteiger partial charge in [-0.25, -0.2) is 14.2 Å². The van der Waals surface area contributed by atoms with Crippen LogP contribution in [0.5, 0.6) is 0 Å². The standard InChI is InChI=1S/C25H26FN7O2/c1-27-23-11-22-16(12-28-23)9-19(24(34)32(22)2)15-7-8-20(26)21(10-15)31-25(35)30-17-13-29-33(14-17)18-5-3-4-6-18/h7-14,18H,3-6H2,1-2H3,(H,27,28)(H2,30,31,35). The van der Waals surface area contributed by atoms with Gasteiger partial charge in [0.15, 0.2) is 0 Å². The zero-order valence-corrected chi connectivity index (χ0v) is 19.5. The molecule has 0 unspecified atom stereocenters. The number of fused-ring (bicyclic) bond motifs is 1. The van der Waals surface area contributed by atoms with Crippen LogP contribution >= 0.6 is 0 Å². The van der Waals surface area contributed by atoms with Crippen LogP contribution in [-0.2, 0) is 7.05 Å². The summed E-state index contributed by atoms with van der Waals surface area (Å²) in [5.74, 6) is 0.0387. The van der Waals surface area contributed by atoms with Gasteiger partial charge in [0.05, 0.1) is 29.1 Å². The molecule has 1 aliphatic rings. The van der Waals surface area contributed by atoms with Gasteiger partial charge in [-0.3, -0.25) is 9.48 Å². The van der Waals surface area contributed by atoms with Gasteiger partial charge >= 0.3 is 6.03 Å². The van der Waals surface area contributed by atoms with Gasteiger partial charge in [0.1, 0.15) is 11.6 Å². The van der Waals surface area contributed by atoms with Gasteiger partial charge in [0.25, 0.3) is 5.56 Å². The van der Waals surface area contributed by atoms with Crippen LogP contribution in [0.25, 0.3) is 22.0 Å². The molecule has 1 aromatic carbocycles. The molecule has 2 amide bonds. The monoisotopic (exact) mass is 475 g/mol. The molecule has 1 saturated carbocycles. The number of nitrogens with one attached hydrogen (secondary N) is 3. The summed E-state index contributed by atoms with van der Waals surface area (Å²) in [5.41, 5.74) is 1.83. The van der Waals surface area contributed by atoms with Crippen molar-refractivity contribution in [2.45, 2.75) is 31.7 Å². The van der Waals surface area contributed by atoms with Crippen LogP contribution in [0.1, 0.15) is 31.7 Å². The van der Waals surface area contributed by atoms with Crippen molar-refractivity contribution in [3.8, 4) is 11.1 Å². The molecule has 4 aromatic rings. The molecule has 0 atom stereocenters. The lowest BCUT2D eigenvalue weighted by Gasteiger charge is -2.12. The van der Waals surface area contributed by atoms with E-state index in [1.54, 1.807) is 44.8 Å². The van der Waals surface area contributed by atoms with Crippen molar-refractivity contribution < 1.29 is 9.18 Å². The van der Waals surface area contributed by atoms with Crippen LogP contribution in [-0.4, -0.2) is 32.4 Å². The number of amides is 2. The summed E-state index contributed by atoms with van der Waals surface area (Å²) in [7, 11) is 3.43. The second-order valence-electron chi connectivity index (χ2n) is 8.72. The average molecular weight is 476 g/mol. The van der Waals surface area contributed by atoms with E-state index in [1.165, 1.54) is 35.6 Å². The lowest BCUT2D eigenvalue weighted by molar-refractivity contribution is 0.262. The number of nitrogens with zero attached hydrogens (tertiary/aromatic N) is 4. The minimum Gasteiger partial charge on any atom is -0.373 e. The van der Waals surface area contributed by atoms with Crippen LogP contribution in [0.15, 0.2) is 53.7 Å². The quantitative estimate of drug-likeness (QED) is 0.387. The first-order valence-corrected chi connectivity index (χ1v) is 11.5. The summed E-state index contributed by atoms with van der Waals surface area (Å²) in [6.07, 6.45) is 9.55. The highest BCUT2D eigenvalue weighted by Crippen LogP contribution is 2.30. The molecule has 180 valence electrons. The molecule has 9 nitrogen and oxygen atoms in total. The number of halogens is 1. The average Bonchev–Trinajstić information content (AvgIpc) is 3.55. The van der Waals surface area contributed by atoms with Gasteiger partial charge < -0.3 is 20.5 Å². The number of aryl methyl sites for hydroxylation is 1. The van der Waals surface area contributed by atoms with E-state index >= 15 is 0 Å². The van der Waals surface area contributed by atoms with Gasteiger partial charge in [-0.15, -0.1) is 0 Å². The first-order valence-electron chi connectivity index (χ1n) is 11.5. The second-order valence-corrected chi connectivity index (χ2v) is 8.72. The number of pyridine rings is 2. The predicted molar refractivity (Wildman–Crippen MR) is 134 cm³/mol. The molecule has 3 heterocycles. The summed E-state index contributed by atoms with van der Waals surface area (Å²) in [6.45, 7) is 0. The first kappa shape index (κ1) is 22.6. The maximum atomic E-state index is 14.5. The van der Waals surface area contributed by atoms with Crippen molar-refractivity contribution in [3.05, 3.63) is 65.1 Å². The number of rotatable bonds is 5. The Bertz CT molecular complexity index is 1470. The van der Waals surface area contributed by atoms with Crippen LogP contribution < -0.4 is 21.5 Å². The molecular formula is C25H26FN7O2. The lowest BCUT2D eigenvalue weighted by Crippen LogP contribution is -2.21. The molecule has 0 spiro atoms. The second kappa shape index (κ2) is 9.21. The maximum absolute atomic E-state index is 14.5. The Morgan fingerprint density at radius 1 is 1.11 bits per heavy atom. The summed E-state index contributed by atoms with van der Waals surface area (Å²) in [6, 6.07) is 7.47. The van der Waals surface area contributed by atoms with E-state index in [0.29, 0.717) is 28.7 Å². The Balaban J connectivity index is 1.39. The Morgan fingerprint density at radius 3 is 2.69 bits per heavy atom. The van der Waals surface area contributed by atoms with E-state index in [0.717, 1.165) is 23.7 Å². The number of carbonyl (C=O) groups excluding carboxylic acids is 1. The normalized spacial score (nSPS) is 13.8. The SMILES string of the molecule is CNc1cc2c(cn1)cc(-c1ccc(F)c(NC(=O)Nc3cnn(C4CCCC4)c3)c1)c(=O)n2C. The maximum Gasteiger partial charge on any atom is 0.323 e. The molecule has 3 aromatic heterocycles. The zero-order chi connectivity index (χ0) is 24.5. The summed E-state index contributed by atoms with van der Waals surface area (Å²) >= 11 is 0. The predicted octanol–water partition coefficient (Wildman–Crippen LogP) is 4.74. The van der Waals surface area contributed by atoms with Crippen molar-refractivity contribution in [2.75, 3.05) is 23.0 Å². The number of aromatic nitrogens is 4. The largest absolute Gasteiger partial charge is 0.373 e. The molecular weight excluding hydrogens is 449 g/mol. The van der Waals surface area contributed by atoms with Crippen LogP contribution in [0.4, 0.5) is 26.4 Å².